The van der Waals surface area contributed by atoms with Gasteiger partial charge in [-0.2, -0.15) is 0 Å². The van der Waals surface area contributed by atoms with Gasteiger partial charge in [-0.1, -0.05) is 50.1 Å². The maximum absolute atomic E-state index is 5.51. The second-order valence-electron chi connectivity index (χ2n) is 3.43. The molecule has 1 heteroatoms. The van der Waals surface area contributed by atoms with Gasteiger partial charge in [0.25, 0.3) is 0 Å². The molecular weight excluding hydrogens is 172 g/mol. The predicted octanol–water partition coefficient (Wildman–Crippen LogP) is 3.60. The van der Waals surface area contributed by atoms with Crippen LogP contribution in [0.3, 0.4) is 0 Å². The number of ether oxygens (including phenoxy) is 1. The smallest absolute Gasteiger partial charge is 0.0717 e. The number of hydrogen-bond donors (Lipinski definition) is 0. The third kappa shape index (κ3) is 5.03. The first-order valence-corrected chi connectivity index (χ1v) is 5.37. The van der Waals surface area contributed by atoms with Crippen LogP contribution in [0.5, 0.6) is 0 Å². The minimum Gasteiger partial charge on any atom is -0.376 e. The van der Waals surface area contributed by atoms with Gasteiger partial charge in [0.05, 0.1) is 13.2 Å². The lowest BCUT2D eigenvalue weighted by atomic mass is 10.2. The Morgan fingerprint density at radius 2 is 2.00 bits per heavy atom. The first-order chi connectivity index (χ1) is 6.93. The van der Waals surface area contributed by atoms with Crippen molar-refractivity contribution in [3.63, 3.8) is 0 Å². The zero-order chi connectivity index (χ0) is 10.1. The van der Waals surface area contributed by atoms with Crippen LogP contribution in [0.25, 0.3) is 0 Å². The molecule has 0 aromatic heterocycles. The zero-order valence-corrected chi connectivity index (χ0v) is 8.91. The van der Waals surface area contributed by atoms with Gasteiger partial charge < -0.3 is 4.74 Å². The Labute approximate surface area is 87.1 Å². The second kappa shape index (κ2) is 7.57. The maximum atomic E-state index is 5.51. The van der Waals surface area contributed by atoms with E-state index in [1.54, 1.807) is 0 Å². The van der Waals surface area contributed by atoms with Gasteiger partial charge in [0, 0.05) is 0 Å². The van der Waals surface area contributed by atoms with Crippen molar-refractivity contribution >= 4 is 0 Å². The Balaban J connectivity index is 1.99. The summed E-state index contributed by atoms with van der Waals surface area (Å²) in [5.74, 6) is 0. The summed E-state index contributed by atoms with van der Waals surface area (Å²) in [7, 11) is 0. The molecular formula is C13H19O. The standard InChI is InChI=1S/C13H19O/c1-2-3-4-8-11-14-12-13-9-6-5-7-10-13/h5-10H,2-4,11-12H2,1H3. The van der Waals surface area contributed by atoms with E-state index in [0.717, 1.165) is 13.2 Å². The molecule has 0 aliphatic heterocycles. The predicted molar refractivity (Wildman–Crippen MR) is 59.9 cm³/mol. The molecule has 0 unspecified atom stereocenters. The summed E-state index contributed by atoms with van der Waals surface area (Å²) in [4.78, 5) is 0. The Hall–Kier alpha value is -0.820. The molecule has 0 aliphatic carbocycles. The average molecular weight is 191 g/mol. The van der Waals surface area contributed by atoms with Crippen molar-refractivity contribution in [2.45, 2.75) is 32.8 Å². The molecule has 0 bridgehead atoms. The molecule has 0 saturated carbocycles. The molecule has 0 saturated heterocycles. The number of benzene rings is 1. The summed E-state index contributed by atoms with van der Waals surface area (Å²) in [6.45, 7) is 3.71. The van der Waals surface area contributed by atoms with E-state index in [0.29, 0.717) is 0 Å². The van der Waals surface area contributed by atoms with Crippen molar-refractivity contribution < 1.29 is 4.74 Å². The summed E-state index contributed by atoms with van der Waals surface area (Å²) < 4.78 is 5.51. The Kier molecular flexibility index (Phi) is 6.09. The van der Waals surface area contributed by atoms with Crippen molar-refractivity contribution in [1.82, 2.24) is 0 Å². The van der Waals surface area contributed by atoms with Gasteiger partial charge in [0.2, 0.25) is 0 Å². The van der Waals surface area contributed by atoms with E-state index in [4.69, 9.17) is 4.74 Å². The van der Waals surface area contributed by atoms with Gasteiger partial charge >= 0.3 is 0 Å². The highest BCUT2D eigenvalue weighted by Gasteiger charge is 1.91. The van der Waals surface area contributed by atoms with Crippen molar-refractivity contribution in [2.24, 2.45) is 0 Å². The van der Waals surface area contributed by atoms with Crippen LogP contribution in [0, 0.1) is 6.42 Å². The number of rotatable bonds is 7. The maximum Gasteiger partial charge on any atom is 0.0717 e. The molecule has 1 radical (unpaired) electrons. The quantitative estimate of drug-likeness (QED) is 0.598. The van der Waals surface area contributed by atoms with E-state index in [2.05, 4.69) is 25.5 Å². The SMILES string of the molecule is CCCC[CH]COCc1ccccc1. The zero-order valence-electron chi connectivity index (χ0n) is 8.91. The molecule has 0 atom stereocenters. The van der Waals surface area contributed by atoms with Gasteiger partial charge in [0.1, 0.15) is 0 Å². The van der Waals surface area contributed by atoms with Gasteiger partial charge in [0.15, 0.2) is 0 Å². The summed E-state index contributed by atoms with van der Waals surface area (Å²) >= 11 is 0. The van der Waals surface area contributed by atoms with E-state index in [1.165, 1.54) is 24.8 Å². The van der Waals surface area contributed by atoms with Gasteiger partial charge in [-0.3, -0.25) is 0 Å². The molecule has 0 aliphatic rings. The molecule has 0 N–H and O–H groups in total. The molecule has 1 rings (SSSR count). The molecule has 0 spiro atoms. The second-order valence-corrected chi connectivity index (χ2v) is 3.43. The normalized spacial score (nSPS) is 10.4. The minimum absolute atomic E-state index is 0.726. The van der Waals surface area contributed by atoms with Gasteiger partial charge in [-0.15, -0.1) is 0 Å². The first kappa shape index (κ1) is 11.3. The fourth-order valence-corrected chi connectivity index (χ4v) is 1.27. The fourth-order valence-electron chi connectivity index (χ4n) is 1.27. The monoisotopic (exact) mass is 191 g/mol. The lowest BCUT2D eigenvalue weighted by Gasteiger charge is -2.03. The van der Waals surface area contributed by atoms with E-state index < -0.39 is 0 Å². The number of hydrogen-bond acceptors (Lipinski definition) is 1. The third-order valence-electron chi connectivity index (χ3n) is 2.11. The Bertz CT molecular complexity index is 218. The topological polar surface area (TPSA) is 9.23 Å². The molecule has 14 heavy (non-hydrogen) atoms. The van der Waals surface area contributed by atoms with E-state index in [1.807, 2.05) is 18.2 Å². The third-order valence-corrected chi connectivity index (χ3v) is 2.11. The molecule has 0 heterocycles. The molecule has 1 nitrogen and oxygen atoms in total. The highest BCUT2D eigenvalue weighted by molar-refractivity contribution is 5.13. The van der Waals surface area contributed by atoms with Crippen LogP contribution >= 0.6 is 0 Å². The lowest BCUT2D eigenvalue weighted by molar-refractivity contribution is 0.138. The Morgan fingerprint density at radius 3 is 2.71 bits per heavy atom. The van der Waals surface area contributed by atoms with Gasteiger partial charge in [-0.05, 0) is 18.4 Å². The van der Waals surface area contributed by atoms with Crippen LogP contribution in [0.4, 0.5) is 0 Å². The van der Waals surface area contributed by atoms with Crippen molar-refractivity contribution in [3.8, 4) is 0 Å². The highest BCUT2D eigenvalue weighted by Crippen LogP contribution is 2.02. The molecule has 1 aromatic carbocycles. The first-order valence-electron chi connectivity index (χ1n) is 5.37. The van der Waals surface area contributed by atoms with Crippen LogP contribution < -0.4 is 0 Å². The molecule has 0 fully saturated rings. The number of unbranched alkanes of at least 4 members (excludes halogenated alkanes) is 3. The fraction of sp³-hybridized carbons (Fsp3) is 0.462. The summed E-state index contributed by atoms with van der Waals surface area (Å²) in [6.07, 6.45) is 5.92. The van der Waals surface area contributed by atoms with E-state index in [-0.39, 0.29) is 0 Å². The minimum atomic E-state index is 0.726. The summed E-state index contributed by atoms with van der Waals surface area (Å²) in [5, 5.41) is 0. The van der Waals surface area contributed by atoms with Crippen LogP contribution in [0.1, 0.15) is 31.7 Å². The lowest BCUT2D eigenvalue weighted by Crippen LogP contribution is -1.95. The highest BCUT2D eigenvalue weighted by atomic mass is 16.5. The van der Waals surface area contributed by atoms with Crippen LogP contribution in [-0.4, -0.2) is 6.61 Å². The van der Waals surface area contributed by atoms with Crippen molar-refractivity contribution in [3.05, 3.63) is 42.3 Å². The summed E-state index contributed by atoms with van der Waals surface area (Å²) in [6, 6.07) is 10.3. The average Bonchev–Trinajstić information content (AvgIpc) is 2.25. The molecule has 1 aromatic rings. The molecule has 0 amide bonds. The van der Waals surface area contributed by atoms with Crippen LogP contribution in [0.15, 0.2) is 30.3 Å². The van der Waals surface area contributed by atoms with E-state index in [9.17, 15) is 0 Å². The van der Waals surface area contributed by atoms with Crippen LogP contribution in [-0.2, 0) is 11.3 Å². The van der Waals surface area contributed by atoms with Crippen molar-refractivity contribution in [1.29, 1.82) is 0 Å². The summed E-state index contributed by atoms with van der Waals surface area (Å²) in [5.41, 5.74) is 1.25. The van der Waals surface area contributed by atoms with Crippen molar-refractivity contribution in [2.75, 3.05) is 6.61 Å². The Morgan fingerprint density at radius 1 is 1.21 bits per heavy atom. The van der Waals surface area contributed by atoms with E-state index >= 15 is 0 Å². The largest absolute Gasteiger partial charge is 0.376 e. The molecule has 77 valence electrons. The van der Waals surface area contributed by atoms with Crippen LogP contribution in [0.2, 0.25) is 0 Å². The van der Waals surface area contributed by atoms with Gasteiger partial charge in [-0.25, -0.2) is 0 Å².